The van der Waals surface area contributed by atoms with Crippen molar-refractivity contribution in [1.29, 1.82) is 0 Å². The van der Waals surface area contributed by atoms with Crippen LogP contribution >= 0.6 is 0 Å². The van der Waals surface area contributed by atoms with Gasteiger partial charge in [-0.2, -0.15) is 0 Å². The van der Waals surface area contributed by atoms with Gasteiger partial charge in [0.25, 0.3) is 0 Å². The van der Waals surface area contributed by atoms with E-state index in [1.54, 1.807) is 0 Å². The molecule has 4 heteroatoms. The Balaban J connectivity index is 2.11. The predicted molar refractivity (Wildman–Crippen MR) is 73.2 cm³/mol. The van der Waals surface area contributed by atoms with E-state index in [1.807, 2.05) is 32.9 Å². The molecule has 98 valence electrons. The highest BCUT2D eigenvalue weighted by atomic mass is 16.6. The lowest BCUT2D eigenvalue weighted by atomic mass is 10.1. The molecule has 18 heavy (non-hydrogen) atoms. The van der Waals surface area contributed by atoms with E-state index in [1.165, 1.54) is 11.1 Å². The second-order valence-electron chi connectivity index (χ2n) is 5.62. The molecule has 1 aliphatic rings. The molecule has 1 aromatic rings. The average molecular weight is 248 g/mol. The van der Waals surface area contributed by atoms with Crippen LogP contribution in [0, 0.1) is 6.92 Å². The van der Waals surface area contributed by atoms with Gasteiger partial charge in [0.1, 0.15) is 5.60 Å². The fourth-order valence-corrected chi connectivity index (χ4v) is 2.12. The third-order valence-corrected chi connectivity index (χ3v) is 2.81. The largest absolute Gasteiger partial charge is 0.444 e. The van der Waals surface area contributed by atoms with Crippen LogP contribution in [0.3, 0.4) is 0 Å². The van der Waals surface area contributed by atoms with Crippen LogP contribution < -0.4 is 10.6 Å². The highest BCUT2D eigenvalue weighted by Crippen LogP contribution is 2.29. The molecule has 1 aliphatic heterocycles. The molecule has 2 rings (SSSR count). The highest BCUT2D eigenvalue weighted by Gasteiger charge is 2.18. The molecule has 0 aliphatic carbocycles. The van der Waals surface area contributed by atoms with Crippen molar-refractivity contribution in [3.05, 3.63) is 23.3 Å². The van der Waals surface area contributed by atoms with E-state index in [2.05, 4.69) is 17.6 Å². The summed E-state index contributed by atoms with van der Waals surface area (Å²) in [4.78, 5) is 11.7. The van der Waals surface area contributed by atoms with E-state index in [9.17, 15) is 4.79 Å². The molecule has 0 spiro atoms. The Morgan fingerprint density at radius 2 is 2.11 bits per heavy atom. The monoisotopic (exact) mass is 248 g/mol. The first kappa shape index (κ1) is 12.7. The van der Waals surface area contributed by atoms with Crippen LogP contribution in [-0.4, -0.2) is 18.2 Å². The van der Waals surface area contributed by atoms with E-state index >= 15 is 0 Å². The number of fused-ring (bicyclic) bond motifs is 1. The molecule has 0 fully saturated rings. The number of carbonyl (C=O) groups is 1. The van der Waals surface area contributed by atoms with Crippen LogP contribution in [0.25, 0.3) is 0 Å². The van der Waals surface area contributed by atoms with Gasteiger partial charge < -0.3 is 10.1 Å². The van der Waals surface area contributed by atoms with Crippen LogP contribution in [0.4, 0.5) is 16.2 Å². The summed E-state index contributed by atoms with van der Waals surface area (Å²) in [5.41, 5.74) is 3.94. The minimum absolute atomic E-state index is 0.417. The van der Waals surface area contributed by atoms with Crippen molar-refractivity contribution in [3.8, 4) is 0 Å². The summed E-state index contributed by atoms with van der Waals surface area (Å²) >= 11 is 0. The van der Waals surface area contributed by atoms with Crippen molar-refractivity contribution in [2.75, 3.05) is 17.2 Å². The van der Waals surface area contributed by atoms with Gasteiger partial charge in [0.15, 0.2) is 0 Å². The van der Waals surface area contributed by atoms with Crippen molar-refractivity contribution in [3.63, 3.8) is 0 Å². The van der Waals surface area contributed by atoms with Crippen molar-refractivity contribution in [2.45, 2.75) is 39.7 Å². The number of nitrogens with one attached hydrogen (secondary N) is 2. The first-order valence-corrected chi connectivity index (χ1v) is 6.22. The lowest BCUT2D eigenvalue weighted by Gasteiger charge is -2.20. The molecular formula is C14H20N2O2. The van der Waals surface area contributed by atoms with E-state index in [0.29, 0.717) is 0 Å². The van der Waals surface area contributed by atoms with Crippen LogP contribution in [0.5, 0.6) is 0 Å². The van der Waals surface area contributed by atoms with E-state index in [0.717, 1.165) is 24.3 Å². The number of hydrogen-bond acceptors (Lipinski definition) is 3. The third-order valence-electron chi connectivity index (χ3n) is 2.81. The van der Waals surface area contributed by atoms with E-state index in [-0.39, 0.29) is 0 Å². The fourth-order valence-electron chi connectivity index (χ4n) is 2.12. The van der Waals surface area contributed by atoms with Crippen LogP contribution in [-0.2, 0) is 11.2 Å². The topological polar surface area (TPSA) is 50.4 Å². The Bertz CT molecular complexity index is 475. The normalized spacial score (nSPS) is 13.8. The van der Waals surface area contributed by atoms with Crippen molar-refractivity contribution in [2.24, 2.45) is 0 Å². The van der Waals surface area contributed by atoms with Gasteiger partial charge >= 0.3 is 6.09 Å². The molecule has 2 N–H and O–H groups in total. The molecule has 1 amide bonds. The fraction of sp³-hybridized carbons (Fsp3) is 0.500. The van der Waals surface area contributed by atoms with Gasteiger partial charge in [0.2, 0.25) is 0 Å². The number of amides is 1. The average Bonchev–Trinajstić information content (AvgIpc) is 2.62. The van der Waals surface area contributed by atoms with Gasteiger partial charge in [-0.3, -0.25) is 5.32 Å². The summed E-state index contributed by atoms with van der Waals surface area (Å²) in [6.45, 7) is 8.57. The molecular weight excluding hydrogens is 228 g/mol. The second kappa shape index (κ2) is 4.52. The number of anilines is 2. The lowest BCUT2D eigenvalue weighted by Crippen LogP contribution is -2.27. The smallest absolute Gasteiger partial charge is 0.412 e. The maximum Gasteiger partial charge on any atom is 0.412 e. The third kappa shape index (κ3) is 2.94. The molecule has 1 heterocycles. The number of ether oxygens (including phenoxy) is 1. The molecule has 0 unspecified atom stereocenters. The van der Waals surface area contributed by atoms with Gasteiger partial charge in [-0.1, -0.05) is 0 Å². The number of carbonyl (C=O) groups excluding carboxylic acids is 1. The Labute approximate surface area is 108 Å². The lowest BCUT2D eigenvalue weighted by molar-refractivity contribution is 0.0636. The maximum absolute atomic E-state index is 11.7. The van der Waals surface area contributed by atoms with Crippen LogP contribution in [0.1, 0.15) is 31.9 Å². The summed E-state index contributed by atoms with van der Waals surface area (Å²) in [6, 6.07) is 3.94. The second-order valence-corrected chi connectivity index (χ2v) is 5.62. The first-order chi connectivity index (χ1) is 8.35. The number of hydrogen-bond donors (Lipinski definition) is 2. The molecule has 4 nitrogen and oxygen atoms in total. The summed E-state index contributed by atoms with van der Waals surface area (Å²) in [6.07, 6.45) is 0.633. The molecule has 1 aromatic carbocycles. The summed E-state index contributed by atoms with van der Waals surface area (Å²) in [7, 11) is 0. The molecule has 0 saturated heterocycles. The Morgan fingerprint density at radius 3 is 2.78 bits per heavy atom. The SMILES string of the molecule is Cc1cc(NC(=O)OC(C)(C)C)cc2c1CCN2. The first-order valence-electron chi connectivity index (χ1n) is 6.22. The van der Waals surface area contributed by atoms with Crippen LogP contribution in [0.15, 0.2) is 12.1 Å². The van der Waals surface area contributed by atoms with Gasteiger partial charge in [-0.25, -0.2) is 4.79 Å². The number of benzene rings is 1. The summed E-state index contributed by atoms with van der Waals surface area (Å²) < 4.78 is 5.23. The van der Waals surface area contributed by atoms with Gasteiger partial charge in [-0.15, -0.1) is 0 Å². The Kier molecular flexibility index (Phi) is 3.20. The Morgan fingerprint density at radius 1 is 1.39 bits per heavy atom. The minimum atomic E-state index is -0.478. The molecule has 0 atom stereocenters. The highest BCUT2D eigenvalue weighted by molar-refractivity contribution is 5.86. The molecule has 0 radical (unpaired) electrons. The van der Waals surface area contributed by atoms with Gasteiger partial charge in [0.05, 0.1) is 0 Å². The molecule has 0 aromatic heterocycles. The number of rotatable bonds is 1. The number of aryl methyl sites for hydroxylation is 1. The zero-order valence-electron chi connectivity index (χ0n) is 11.4. The Hall–Kier alpha value is -1.71. The van der Waals surface area contributed by atoms with Gasteiger partial charge in [0, 0.05) is 17.9 Å². The van der Waals surface area contributed by atoms with E-state index < -0.39 is 11.7 Å². The molecule has 0 bridgehead atoms. The van der Waals surface area contributed by atoms with Crippen molar-refractivity contribution >= 4 is 17.5 Å². The standard InChI is InChI=1S/C14H20N2O2/c1-9-7-10(8-12-11(9)5-6-15-12)16-13(17)18-14(2,3)4/h7-8,15H,5-6H2,1-4H3,(H,16,17). The summed E-state index contributed by atoms with van der Waals surface area (Å²) in [5, 5.41) is 6.08. The van der Waals surface area contributed by atoms with Crippen molar-refractivity contribution < 1.29 is 9.53 Å². The zero-order chi connectivity index (χ0) is 13.3. The molecule has 0 saturated carbocycles. The summed E-state index contributed by atoms with van der Waals surface area (Å²) in [5.74, 6) is 0. The quantitative estimate of drug-likeness (QED) is 0.801. The predicted octanol–water partition coefficient (Wildman–Crippen LogP) is 3.31. The van der Waals surface area contributed by atoms with Gasteiger partial charge in [-0.05, 0) is 57.4 Å². The van der Waals surface area contributed by atoms with E-state index in [4.69, 9.17) is 4.74 Å². The minimum Gasteiger partial charge on any atom is -0.444 e. The van der Waals surface area contributed by atoms with Crippen LogP contribution in [0.2, 0.25) is 0 Å². The maximum atomic E-state index is 11.7. The van der Waals surface area contributed by atoms with Crippen molar-refractivity contribution in [1.82, 2.24) is 0 Å². The zero-order valence-corrected chi connectivity index (χ0v) is 11.4.